The van der Waals surface area contributed by atoms with Gasteiger partial charge in [-0.15, -0.1) is 0 Å². The van der Waals surface area contributed by atoms with Gasteiger partial charge in [-0.3, -0.25) is 0 Å². The van der Waals surface area contributed by atoms with Crippen LogP contribution >= 0.6 is 0 Å². The molecular weight excluding hydrogens is 352 g/mol. The van der Waals surface area contributed by atoms with Crippen LogP contribution in [0.3, 0.4) is 0 Å². The zero-order chi connectivity index (χ0) is 19.7. The number of carbonyl (C=O) groups excluding carboxylic acids is 1. The van der Waals surface area contributed by atoms with E-state index in [1.165, 1.54) is 15.7 Å². The molecule has 1 atom stereocenters. The van der Waals surface area contributed by atoms with Crippen LogP contribution in [0.2, 0.25) is 0 Å². The summed E-state index contributed by atoms with van der Waals surface area (Å²) in [5.41, 5.74) is 4.35. The monoisotopic (exact) mass is 374 g/mol. The summed E-state index contributed by atoms with van der Waals surface area (Å²) >= 11 is 0. The van der Waals surface area contributed by atoms with Crippen molar-refractivity contribution in [1.29, 1.82) is 0 Å². The number of hydrogen-bond donors (Lipinski definition) is 0. The van der Waals surface area contributed by atoms with Gasteiger partial charge in [-0.25, -0.2) is 14.3 Å². The van der Waals surface area contributed by atoms with Crippen LogP contribution in [0.1, 0.15) is 41.1 Å². The third kappa shape index (κ3) is 3.31. The smallest absolute Gasteiger partial charge is 0.419 e. The van der Waals surface area contributed by atoms with E-state index >= 15 is 0 Å². The Balaban J connectivity index is 1.53. The maximum Gasteiger partial charge on any atom is 0.419 e. The lowest BCUT2D eigenvalue weighted by atomic mass is 9.93. The highest BCUT2D eigenvalue weighted by molar-refractivity contribution is 5.77. The number of nitrogens with zero attached hydrogens (tertiary/aromatic N) is 2. The molecule has 0 saturated carbocycles. The van der Waals surface area contributed by atoms with E-state index in [-0.39, 0.29) is 12.5 Å². The van der Waals surface area contributed by atoms with Crippen molar-refractivity contribution in [3.63, 3.8) is 0 Å². The second-order valence-corrected chi connectivity index (χ2v) is 6.97. The van der Waals surface area contributed by atoms with Crippen molar-refractivity contribution in [2.24, 2.45) is 0 Å². The maximum absolute atomic E-state index is 12.7. The second kappa shape index (κ2) is 7.35. The lowest BCUT2D eigenvalue weighted by molar-refractivity contribution is 0.132. The Bertz CT molecular complexity index is 1110. The topological polar surface area (TPSA) is 57.3 Å². The number of aromatic nitrogens is 2. The number of aryl methyl sites for hydroxylation is 1. The van der Waals surface area contributed by atoms with Crippen molar-refractivity contribution in [3.05, 3.63) is 89.2 Å². The molecule has 142 valence electrons. The van der Waals surface area contributed by atoms with E-state index in [2.05, 4.69) is 31.0 Å². The fraction of sp³-hybridized carbons (Fsp3) is 0.217. The van der Waals surface area contributed by atoms with E-state index in [1.807, 2.05) is 43.3 Å². The summed E-state index contributed by atoms with van der Waals surface area (Å²) in [6.07, 6.45) is 2.79. The molecule has 0 amide bonds. The summed E-state index contributed by atoms with van der Waals surface area (Å²) in [5.74, 6) is 1.23. The minimum Gasteiger partial charge on any atom is -0.457 e. The van der Waals surface area contributed by atoms with E-state index in [1.54, 1.807) is 12.4 Å². The Morgan fingerprint density at radius 2 is 2.00 bits per heavy atom. The van der Waals surface area contributed by atoms with Crippen molar-refractivity contribution < 1.29 is 13.9 Å². The summed E-state index contributed by atoms with van der Waals surface area (Å²) in [7, 11) is 0. The molecule has 0 saturated heterocycles. The fourth-order valence-electron chi connectivity index (χ4n) is 3.48. The van der Waals surface area contributed by atoms with Gasteiger partial charge >= 0.3 is 6.09 Å². The summed E-state index contributed by atoms with van der Waals surface area (Å²) < 4.78 is 12.6. The van der Waals surface area contributed by atoms with Crippen molar-refractivity contribution in [3.8, 4) is 0 Å². The molecule has 2 aromatic carbocycles. The summed E-state index contributed by atoms with van der Waals surface area (Å²) in [4.78, 5) is 17.1. The van der Waals surface area contributed by atoms with Crippen LogP contribution in [0.4, 0.5) is 4.79 Å². The average Bonchev–Trinajstić information content (AvgIpc) is 3.34. The molecule has 0 radical (unpaired) electrons. The van der Waals surface area contributed by atoms with Crippen molar-refractivity contribution in [1.82, 2.24) is 9.55 Å². The van der Waals surface area contributed by atoms with Gasteiger partial charge in [-0.2, -0.15) is 0 Å². The third-order valence-corrected chi connectivity index (χ3v) is 5.18. The van der Waals surface area contributed by atoms with Crippen LogP contribution in [0.15, 0.2) is 65.3 Å². The molecule has 5 nitrogen and oxygen atoms in total. The zero-order valence-electron chi connectivity index (χ0n) is 16.2. The first-order chi connectivity index (χ1) is 13.5. The summed E-state index contributed by atoms with van der Waals surface area (Å²) in [5, 5.41) is 0.986. The molecule has 2 heterocycles. The SMILES string of the molecule is Cc1cccc([C@H](C)c2nccn2C(=O)OCc2cc3ccccc3o2)c1C. The van der Waals surface area contributed by atoms with Crippen LogP contribution in [0.5, 0.6) is 0 Å². The molecule has 0 bridgehead atoms. The number of furan rings is 1. The normalized spacial score (nSPS) is 12.2. The number of fused-ring (bicyclic) bond motifs is 1. The van der Waals surface area contributed by atoms with E-state index < -0.39 is 6.09 Å². The Kier molecular flexibility index (Phi) is 4.74. The molecule has 2 aromatic heterocycles. The van der Waals surface area contributed by atoms with Crippen molar-refractivity contribution in [2.75, 3.05) is 0 Å². The van der Waals surface area contributed by atoms with Gasteiger partial charge < -0.3 is 9.15 Å². The minimum absolute atomic E-state index is 0.0337. The number of ether oxygens (including phenoxy) is 1. The number of benzene rings is 2. The van der Waals surface area contributed by atoms with E-state index in [9.17, 15) is 4.79 Å². The molecule has 0 aliphatic heterocycles. The maximum atomic E-state index is 12.7. The van der Waals surface area contributed by atoms with Gasteiger partial charge in [0.25, 0.3) is 0 Å². The summed E-state index contributed by atoms with van der Waals surface area (Å²) in [6.45, 7) is 6.30. The molecular formula is C23H22N2O3. The van der Waals surface area contributed by atoms with Gasteiger partial charge in [-0.05, 0) is 42.7 Å². The highest BCUT2D eigenvalue weighted by atomic mass is 16.6. The number of carbonyl (C=O) groups is 1. The minimum atomic E-state index is -0.467. The predicted molar refractivity (Wildman–Crippen MR) is 107 cm³/mol. The molecule has 0 fully saturated rings. The van der Waals surface area contributed by atoms with Gasteiger partial charge in [0.05, 0.1) is 0 Å². The lowest BCUT2D eigenvalue weighted by Crippen LogP contribution is -2.18. The highest BCUT2D eigenvalue weighted by Gasteiger charge is 2.21. The Morgan fingerprint density at radius 3 is 2.82 bits per heavy atom. The molecule has 4 rings (SSSR count). The van der Waals surface area contributed by atoms with Crippen molar-refractivity contribution in [2.45, 2.75) is 33.3 Å². The predicted octanol–water partition coefficient (Wildman–Crippen LogP) is 5.58. The number of hydrogen-bond acceptors (Lipinski definition) is 4. The third-order valence-electron chi connectivity index (χ3n) is 5.18. The quantitative estimate of drug-likeness (QED) is 0.468. The molecule has 0 aliphatic rings. The summed E-state index contributed by atoms with van der Waals surface area (Å²) in [6, 6.07) is 15.8. The molecule has 28 heavy (non-hydrogen) atoms. The largest absolute Gasteiger partial charge is 0.457 e. The van der Waals surface area contributed by atoms with E-state index in [0.717, 1.165) is 16.5 Å². The van der Waals surface area contributed by atoms with Crippen LogP contribution in [-0.4, -0.2) is 15.6 Å². The van der Waals surface area contributed by atoms with Crippen LogP contribution < -0.4 is 0 Å². The number of rotatable bonds is 4. The van der Waals surface area contributed by atoms with Gasteiger partial charge in [0.15, 0.2) is 6.61 Å². The highest BCUT2D eigenvalue weighted by Crippen LogP contribution is 2.27. The van der Waals surface area contributed by atoms with Gasteiger partial charge in [0, 0.05) is 23.7 Å². The molecule has 0 N–H and O–H groups in total. The van der Waals surface area contributed by atoms with Gasteiger partial charge in [0.1, 0.15) is 17.2 Å². The van der Waals surface area contributed by atoms with E-state index in [4.69, 9.17) is 9.15 Å². The Morgan fingerprint density at radius 1 is 1.18 bits per heavy atom. The number of para-hydroxylation sites is 1. The number of imidazole rings is 1. The molecule has 0 aliphatic carbocycles. The average molecular weight is 374 g/mol. The van der Waals surface area contributed by atoms with Gasteiger partial charge in [-0.1, -0.05) is 43.3 Å². The first-order valence-corrected chi connectivity index (χ1v) is 9.28. The first kappa shape index (κ1) is 18.0. The molecule has 5 heteroatoms. The fourth-order valence-corrected chi connectivity index (χ4v) is 3.48. The van der Waals surface area contributed by atoms with Crippen LogP contribution in [-0.2, 0) is 11.3 Å². The molecule has 4 aromatic rings. The molecule has 0 spiro atoms. The first-order valence-electron chi connectivity index (χ1n) is 9.28. The Hall–Kier alpha value is -3.34. The van der Waals surface area contributed by atoms with Crippen LogP contribution in [0, 0.1) is 13.8 Å². The second-order valence-electron chi connectivity index (χ2n) is 6.97. The standard InChI is InChI=1S/C23H22N2O3/c1-15-7-6-9-20(16(15)2)17(3)22-24-11-12-25(22)23(26)27-14-19-13-18-8-4-5-10-21(18)28-19/h4-13,17H,14H2,1-3H3/t17-/m0/s1. The lowest BCUT2D eigenvalue weighted by Gasteiger charge is -2.17. The molecule has 0 unspecified atom stereocenters. The van der Waals surface area contributed by atoms with Gasteiger partial charge in [0.2, 0.25) is 0 Å². The van der Waals surface area contributed by atoms with Crippen LogP contribution in [0.25, 0.3) is 11.0 Å². The Labute approximate surface area is 163 Å². The van der Waals surface area contributed by atoms with Crippen molar-refractivity contribution >= 4 is 17.1 Å². The zero-order valence-corrected chi connectivity index (χ0v) is 16.2. The van der Waals surface area contributed by atoms with E-state index in [0.29, 0.717) is 11.6 Å².